The zero-order chi connectivity index (χ0) is 14.9. The van der Waals surface area contributed by atoms with Crippen LogP contribution in [0.2, 0.25) is 5.02 Å². The number of rotatable bonds is 3. The number of hydrogen-bond donors (Lipinski definition) is 1. The third-order valence-electron chi connectivity index (χ3n) is 3.35. The van der Waals surface area contributed by atoms with Crippen LogP contribution >= 0.6 is 27.5 Å². The zero-order valence-electron chi connectivity index (χ0n) is 11.7. The molecule has 2 N–H and O–H groups in total. The largest absolute Gasteiger partial charge is 0.496 e. The van der Waals surface area contributed by atoms with Gasteiger partial charge >= 0.3 is 0 Å². The van der Waals surface area contributed by atoms with Crippen molar-refractivity contribution in [3.63, 3.8) is 0 Å². The van der Waals surface area contributed by atoms with Crippen molar-refractivity contribution in [2.45, 2.75) is 19.9 Å². The summed E-state index contributed by atoms with van der Waals surface area (Å²) in [7, 11) is 1.69. The molecular weight excluding hydrogens is 338 g/mol. The normalized spacial score (nSPS) is 12.3. The van der Waals surface area contributed by atoms with E-state index in [1.165, 1.54) is 0 Å². The van der Waals surface area contributed by atoms with Crippen molar-refractivity contribution < 1.29 is 4.74 Å². The summed E-state index contributed by atoms with van der Waals surface area (Å²) in [6, 6.07) is 9.71. The number of hydrogen-bond acceptors (Lipinski definition) is 2. The zero-order valence-corrected chi connectivity index (χ0v) is 14.0. The van der Waals surface area contributed by atoms with Crippen LogP contribution in [0.25, 0.3) is 0 Å². The Morgan fingerprint density at radius 3 is 2.20 bits per heavy atom. The van der Waals surface area contributed by atoms with E-state index in [4.69, 9.17) is 22.1 Å². The van der Waals surface area contributed by atoms with Crippen LogP contribution in [-0.2, 0) is 0 Å². The monoisotopic (exact) mass is 353 g/mol. The quantitative estimate of drug-likeness (QED) is 0.861. The molecule has 2 aromatic rings. The molecule has 1 atom stereocenters. The number of ether oxygens (including phenoxy) is 1. The summed E-state index contributed by atoms with van der Waals surface area (Å²) in [4.78, 5) is 0. The Hall–Kier alpha value is -1.03. The number of nitrogens with two attached hydrogens (primary N) is 1. The Kier molecular flexibility index (Phi) is 4.74. The molecule has 0 spiro atoms. The third kappa shape index (κ3) is 3.00. The lowest BCUT2D eigenvalue weighted by atomic mass is 9.96. The fourth-order valence-corrected chi connectivity index (χ4v) is 2.90. The van der Waals surface area contributed by atoms with Gasteiger partial charge in [0.15, 0.2) is 0 Å². The second kappa shape index (κ2) is 6.17. The van der Waals surface area contributed by atoms with Crippen LogP contribution in [0.5, 0.6) is 5.75 Å². The maximum Gasteiger partial charge on any atom is 0.124 e. The van der Waals surface area contributed by atoms with Gasteiger partial charge in [0.1, 0.15) is 5.75 Å². The standard InChI is InChI=1S/C16H17BrClNO/c1-9-6-12(7-10(2)16(9)20-3)15(19)11-4-5-14(18)13(17)8-11/h4-8,15H,19H2,1-3H3. The fraction of sp³-hybridized carbons (Fsp3) is 0.250. The molecule has 0 aromatic heterocycles. The Bertz CT molecular complexity index is 619. The molecule has 4 heteroatoms. The fourth-order valence-electron chi connectivity index (χ4n) is 2.38. The van der Waals surface area contributed by atoms with Crippen molar-refractivity contribution in [3.05, 3.63) is 62.1 Å². The van der Waals surface area contributed by atoms with E-state index >= 15 is 0 Å². The highest BCUT2D eigenvalue weighted by Crippen LogP contribution is 2.31. The number of halogens is 2. The van der Waals surface area contributed by atoms with Gasteiger partial charge < -0.3 is 10.5 Å². The molecule has 0 bridgehead atoms. The maximum atomic E-state index is 6.36. The Morgan fingerprint density at radius 1 is 1.10 bits per heavy atom. The minimum atomic E-state index is -0.188. The molecule has 0 heterocycles. The molecule has 0 radical (unpaired) electrons. The second-order valence-corrected chi connectivity index (χ2v) is 6.10. The first-order chi connectivity index (χ1) is 9.43. The summed E-state index contributed by atoms with van der Waals surface area (Å²) < 4.78 is 6.24. The molecule has 0 saturated heterocycles. The molecule has 0 amide bonds. The predicted molar refractivity (Wildman–Crippen MR) is 87.7 cm³/mol. The van der Waals surface area contributed by atoms with Gasteiger partial charge in [0.2, 0.25) is 0 Å². The van der Waals surface area contributed by atoms with Crippen LogP contribution in [0.15, 0.2) is 34.8 Å². The summed E-state index contributed by atoms with van der Waals surface area (Å²) in [6.07, 6.45) is 0. The smallest absolute Gasteiger partial charge is 0.124 e. The van der Waals surface area contributed by atoms with Gasteiger partial charge in [-0.25, -0.2) is 0 Å². The van der Waals surface area contributed by atoms with Crippen molar-refractivity contribution in [1.82, 2.24) is 0 Å². The van der Waals surface area contributed by atoms with Crippen LogP contribution in [0.3, 0.4) is 0 Å². The predicted octanol–water partition coefficient (Wildman–Crippen LogP) is 4.78. The molecule has 1 unspecified atom stereocenters. The van der Waals surface area contributed by atoms with Gasteiger partial charge in [0.05, 0.1) is 18.2 Å². The van der Waals surface area contributed by atoms with Gasteiger partial charge in [-0.3, -0.25) is 0 Å². The molecule has 0 aliphatic heterocycles. The number of aryl methyl sites for hydroxylation is 2. The highest BCUT2D eigenvalue weighted by atomic mass is 79.9. The van der Waals surface area contributed by atoms with Crippen LogP contribution in [0.4, 0.5) is 0 Å². The molecule has 2 rings (SSSR count). The molecule has 2 nitrogen and oxygen atoms in total. The minimum Gasteiger partial charge on any atom is -0.496 e. The Morgan fingerprint density at radius 2 is 1.70 bits per heavy atom. The molecule has 20 heavy (non-hydrogen) atoms. The molecular formula is C16H17BrClNO. The highest BCUT2D eigenvalue weighted by Gasteiger charge is 2.13. The maximum absolute atomic E-state index is 6.36. The van der Waals surface area contributed by atoms with Crippen LogP contribution in [-0.4, -0.2) is 7.11 Å². The molecule has 0 saturated carbocycles. The van der Waals surface area contributed by atoms with E-state index in [0.29, 0.717) is 5.02 Å². The first kappa shape index (κ1) is 15.4. The third-order valence-corrected chi connectivity index (χ3v) is 4.56. The Labute approximate surface area is 133 Å². The lowest BCUT2D eigenvalue weighted by Gasteiger charge is -2.17. The highest BCUT2D eigenvalue weighted by molar-refractivity contribution is 9.10. The lowest BCUT2D eigenvalue weighted by Crippen LogP contribution is -2.12. The summed E-state index contributed by atoms with van der Waals surface area (Å²) in [5.74, 6) is 0.915. The average Bonchev–Trinajstić information content (AvgIpc) is 2.40. The van der Waals surface area contributed by atoms with Gasteiger partial charge in [-0.2, -0.15) is 0 Å². The van der Waals surface area contributed by atoms with Crippen molar-refractivity contribution in [1.29, 1.82) is 0 Å². The molecule has 2 aromatic carbocycles. The van der Waals surface area contributed by atoms with Crippen LogP contribution in [0.1, 0.15) is 28.3 Å². The van der Waals surface area contributed by atoms with Gasteiger partial charge in [-0.1, -0.05) is 29.8 Å². The van der Waals surface area contributed by atoms with E-state index in [0.717, 1.165) is 32.5 Å². The van der Waals surface area contributed by atoms with E-state index in [1.807, 2.05) is 32.0 Å². The molecule has 0 fully saturated rings. The van der Waals surface area contributed by atoms with Gasteiger partial charge in [-0.15, -0.1) is 0 Å². The average molecular weight is 355 g/mol. The van der Waals surface area contributed by atoms with Gasteiger partial charge in [-0.05, 0) is 64.2 Å². The Balaban J connectivity index is 2.42. The van der Waals surface area contributed by atoms with E-state index in [9.17, 15) is 0 Å². The first-order valence-electron chi connectivity index (χ1n) is 6.29. The van der Waals surface area contributed by atoms with Gasteiger partial charge in [0, 0.05) is 4.47 Å². The SMILES string of the molecule is COc1c(C)cc(C(N)c2ccc(Cl)c(Br)c2)cc1C. The first-order valence-corrected chi connectivity index (χ1v) is 7.46. The van der Waals surface area contributed by atoms with Crippen molar-refractivity contribution in [3.8, 4) is 5.75 Å². The lowest BCUT2D eigenvalue weighted by molar-refractivity contribution is 0.408. The minimum absolute atomic E-state index is 0.188. The summed E-state index contributed by atoms with van der Waals surface area (Å²) in [5, 5.41) is 0.683. The second-order valence-electron chi connectivity index (χ2n) is 4.84. The summed E-state index contributed by atoms with van der Waals surface area (Å²) >= 11 is 9.45. The number of methoxy groups -OCH3 is 1. The van der Waals surface area contributed by atoms with E-state index in [1.54, 1.807) is 7.11 Å². The van der Waals surface area contributed by atoms with Crippen molar-refractivity contribution in [2.75, 3.05) is 7.11 Å². The molecule has 0 aliphatic rings. The van der Waals surface area contributed by atoms with E-state index in [-0.39, 0.29) is 6.04 Å². The number of benzene rings is 2. The van der Waals surface area contributed by atoms with Crippen LogP contribution in [0, 0.1) is 13.8 Å². The summed E-state index contributed by atoms with van der Waals surface area (Å²) in [6.45, 7) is 4.06. The van der Waals surface area contributed by atoms with Crippen molar-refractivity contribution in [2.24, 2.45) is 5.73 Å². The van der Waals surface area contributed by atoms with E-state index < -0.39 is 0 Å². The topological polar surface area (TPSA) is 35.2 Å². The molecule has 0 aliphatic carbocycles. The van der Waals surface area contributed by atoms with Gasteiger partial charge in [0.25, 0.3) is 0 Å². The van der Waals surface area contributed by atoms with Crippen molar-refractivity contribution >= 4 is 27.5 Å². The molecule has 106 valence electrons. The van der Waals surface area contributed by atoms with E-state index in [2.05, 4.69) is 28.1 Å². The van der Waals surface area contributed by atoms with Crippen LogP contribution < -0.4 is 10.5 Å². The summed E-state index contributed by atoms with van der Waals surface area (Å²) in [5.41, 5.74) is 10.6.